The van der Waals surface area contributed by atoms with Crippen molar-refractivity contribution < 1.29 is 24.9 Å². The quantitative estimate of drug-likeness (QED) is 0.238. The fourth-order valence-electron chi connectivity index (χ4n) is 4.14. The molecule has 4 rings (SSSR count). The monoisotopic (exact) mass is 502 g/mol. The van der Waals surface area contributed by atoms with E-state index in [0.717, 1.165) is 15.2 Å². The van der Waals surface area contributed by atoms with Gasteiger partial charge < -0.3 is 36.0 Å². The zero-order chi connectivity index (χ0) is 24.9. The summed E-state index contributed by atoms with van der Waals surface area (Å²) in [5.41, 5.74) is 2.24. The Bertz CT molecular complexity index is 1140. The van der Waals surface area contributed by atoms with E-state index in [2.05, 4.69) is 25.9 Å². The van der Waals surface area contributed by atoms with Crippen LogP contribution in [0.15, 0.2) is 24.3 Å². The van der Waals surface area contributed by atoms with Crippen LogP contribution in [0.1, 0.15) is 19.0 Å². The molecule has 11 nitrogen and oxygen atoms in total. The van der Waals surface area contributed by atoms with Crippen molar-refractivity contribution >= 4 is 39.4 Å². The summed E-state index contributed by atoms with van der Waals surface area (Å²) in [6.07, 6.45) is -2.20. The Hall–Kier alpha value is -3.06. The van der Waals surface area contributed by atoms with Crippen LogP contribution in [0.5, 0.6) is 0 Å². The number of aliphatic hydroxyl groups is 3. The first-order chi connectivity index (χ1) is 16.9. The standard InChI is InChI=1S/C23H30N6O5S/c1-3-34-23(33)25-9-8-24-22-26-12(2)17(21-28-14-6-4-5-7-16(14)35-21)20(29-22)27-15-10-13(11-30)18(31)19(15)32/h4-7,13,15,18-19,30-32H,3,8-11H2,1-2H3,(H,25,33)(H2,24,26,27,29)/t13-,15-,18-,19+/m1/s1. The molecule has 0 radical (unpaired) electrons. The van der Waals surface area contributed by atoms with Crippen LogP contribution >= 0.6 is 11.3 Å². The van der Waals surface area contributed by atoms with Gasteiger partial charge in [0.2, 0.25) is 5.95 Å². The SMILES string of the molecule is CCOC(=O)NCCNc1nc(C)c(-c2nc3ccccc3s2)c(N[C@@H]2C[C@H](CO)[C@@H](O)[C@H]2O)n1. The number of hydrogen-bond donors (Lipinski definition) is 6. The molecule has 1 aliphatic rings. The van der Waals surface area contributed by atoms with E-state index < -0.39 is 30.3 Å². The van der Waals surface area contributed by atoms with E-state index in [0.29, 0.717) is 49.1 Å². The lowest BCUT2D eigenvalue weighted by Crippen LogP contribution is -2.36. The Labute approximate surface area is 206 Å². The summed E-state index contributed by atoms with van der Waals surface area (Å²) in [6.45, 7) is 4.35. The predicted octanol–water partition coefficient (Wildman–Crippen LogP) is 1.73. The summed E-state index contributed by atoms with van der Waals surface area (Å²) >= 11 is 1.51. The van der Waals surface area contributed by atoms with Gasteiger partial charge >= 0.3 is 6.09 Å². The van der Waals surface area contributed by atoms with Crippen LogP contribution in [0.4, 0.5) is 16.6 Å². The summed E-state index contributed by atoms with van der Waals surface area (Å²) in [5.74, 6) is 0.377. The third-order valence-corrected chi connectivity index (χ3v) is 6.96. The number of nitrogens with zero attached hydrogens (tertiary/aromatic N) is 3. The van der Waals surface area contributed by atoms with Gasteiger partial charge in [-0.05, 0) is 32.4 Å². The van der Waals surface area contributed by atoms with E-state index in [-0.39, 0.29) is 6.61 Å². The Balaban J connectivity index is 1.61. The molecule has 3 aromatic rings. The Kier molecular flexibility index (Phi) is 7.96. The minimum atomic E-state index is -1.06. The van der Waals surface area contributed by atoms with Crippen LogP contribution in [-0.4, -0.2) is 80.9 Å². The minimum absolute atomic E-state index is 0.218. The van der Waals surface area contributed by atoms with E-state index in [1.807, 2.05) is 31.2 Å². The summed E-state index contributed by atoms with van der Waals surface area (Å²) in [4.78, 5) is 25.4. The molecule has 1 fully saturated rings. The van der Waals surface area contributed by atoms with Crippen LogP contribution < -0.4 is 16.0 Å². The number of nitrogens with one attached hydrogen (secondary N) is 3. The van der Waals surface area contributed by atoms with Crippen molar-refractivity contribution in [3.63, 3.8) is 0 Å². The summed E-state index contributed by atoms with van der Waals surface area (Å²) in [7, 11) is 0. The number of aryl methyl sites for hydroxylation is 1. The molecule has 1 aromatic carbocycles. The Morgan fingerprint density at radius 3 is 2.69 bits per heavy atom. The van der Waals surface area contributed by atoms with Gasteiger partial charge in [0.15, 0.2) is 0 Å². The number of carbonyl (C=O) groups excluding carboxylic acids is 1. The van der Waals surface area contributed by atoms with E-state index in [9.17, 15) is 20.1 Å². The molecule has 6 N–H and O–H groups in total. The molecule has 1 saturated carbocycles. The highest BCUT2D eigenvalue weighted by Crippen LogP contribution is 2.38. The molecule has 35 heavy (non-hydrogen) atoms. The molecule has 0 aliphatic heterocycles. The van der Waals surface area contributed by atoms with E-state index in [4.69, 9.17) is 9.72 Å². The smallest absolute Gasteiger partial charge is 0.407 e. The van der Waals surface area contributed by atoms with Crippen LogP contribution in [-0.2, 0) is 4.74 Å². The lowest BCUT2D eigenvalue weighted by molar-refractivity contribution is 0.00446. The molecule has 2 aromatic heterocycles. The average Bonchev–Trinajstić information content (AvgIpc) is 3.38. The number of aliphatic hydroxyl groups excluding tert-OH is 3. The van der Waals surface area contributed by atoms with Crippen molar-refractivity contribution in [2.75, 3.05) is 36.9 Å². The number of alkyl carbamates (subject to hydrolysis) is 1. The number of amides is 1. The van der Waals surface area contributed by atoms with Gasteiger partial charge in [0, 0.05) is 25.6 Å². The van der Waals surface area contributed by atoms with Crippen LogP contribution in [0.3, 0.4) is 0 Å². The molecular weight excluding hydrogens is 472 g/mol. The van der Waals surface area contributed by atoms with Gasteiger partial charge in [0.05, 0.1) is 40.2 Å². The van der Waals surface area contributed by atoms with Crippen LogP contribution in [0, 0.1) is 12.8 Å². The number of benzene rings is 1. The molecule has 0 saturated heterocycles. The molecule has 2 heterocycles. The molecule has 12 heteroatoms. The van der Waals surface area contributed by atoms with Crippen LogP contribution in [0.25, 0.3) is 20.8 Å². The van der Waals surface area contributed by atoms with Gasteiger partial charge in [-0.3, -0.25) is 0 Å². The van der Waals surface area contributed by atoms with Gasteiger partial charge in [-0.2, -0.15) is 4.98 Å². The van der Waals surface area contributed by atoms with Crippen molar-refractivity contribution in [2.45, 2.75) is 38.5 Å². The number of hydrogen-bond acceptors (Lipinski definition) is 11. The highest BCUT2D eigenvalue weighted by molar-refractivity contribution is 7.21. The summed E-state index contributed by atoms with van der Waals surface area (Å²) in [5, 5.41) is 40.1. The molecule has 0 bridgehead atoms. The maximum absolute atomic E-state index is 11.5. The Morgan fingerprint density at radius 1 is 1.17 bits per heavy atom. The summed E-state index contributed by atoms with van der Waals surface area (Å²) in [6, 6.07) is 7.30. The molecule has 1 amide bonds. The zero-order valence-electron chi connectivity index (χ0n) is 19.6. The fraction of sp³-hybridized carbons (Fsp3) is 0.478. The van der Waals surface area contributed by atoms with Crippen molar-refractivity contribution in [3.8, 4) is 10.6 Å². The highest BCUT2D eigenvalue weighted by atomic mass is 32.1. The Morgan fingerprint density at radius 2 is 1.97 bits per heavy atom. The van der Waals surface area contributed by atoms with Gasteiger partial charge in [-0.25, -0.2) is 14.8 Å². The zero-order valence-corrected chi connectivity index (χ0v) is 20.4. The molecule has 1 aliphatic carbocycles. The molecule has 188 valence electrons. The van der Waals surface area contributed by atoms with E-state index in [1.54, 1.807) is 6.92 Å². The van der Waals surface area contributed by atoms with E-state index >= 15 is 0 Å². The first-order valence-electron chi connectivity index (χ1n) is 11.5. The second-order valence-electron chi connectivity index (χ2n) is 8.33. The lowest BCUT2D eigenvalue weighted by Gasteiger charge is -2.21. The number of thiazole rings is 1. The summed E-state index contributed by atoms with van der Waals surface area (Å²) < 4.78 is 5.87. The number of anilines is 2. The average molecular weight is 503 g/mol. The highest BCUT2D eigenvalue weighted by Gasteiger charge is 2.41. The third kappa shape index (κ3) is 5.61. The normalized spacial score (nSPS) is 21.7. The number of para-hydroxylation sites is 1. The number of carbonyl (C=O) groups is 1. The van der Waals surface area contributed by atoms with Crippen molar-refractivity contribution in [3.05, 3.63) is 30.0 Å². The van der Waals surface area contributed by atoms with Gasteiger partial charge in [0.25, 0.3) is 0 Å². The first-order valence-corrected chi connectivity index (χ1v) is 12.4. The molecule has 0 unspecified atom stereocenters. The number of aromatic nitrogens is 3. The number of ether oxygens (including phenoxy) is 1. The topological polar surface area (TPSA) is 162 Å². The molecule has 4 atom stereocenters. The third-order valence-electron chi connectivity index (χ3n) is 5.91. The van der Waals surface area contributed by atoms with Crippen molar-refractivity contribution in [2.24, 2.45) is 5.92 Å². The van der Waals surface area contributed by atoms with Crippen molar-refractivity contribution in [1.29, 1.82) is 0 Å². The molecule has 0 spiro atoms. The van der Waals surface area contributed by atoms with Crippen molar-refractivity contribution in [1.82, 2.24) is 20.3 Å². The largest absolute Gasteiger partial charge is 0.450 e. The van der Waals surface area contributed by atoms with Gasteiger partial charge in [0.1, 0.15) is 16.9 Å². The number of fused-ring (bicyclic) bond motifs is 1. The predicted molar refractivity (Wildman–Crippen MR) is 134 cm³/mol. The maximum Gasteiger partial charge on any atom is 0.407 e. The second kappa shape index (κ2) is 11.1. The van der Waals surface area contributed by atoms with E-state index in [1.165, 1.54) is 11.3 Å². The van der Waals surface area contributed by atoms with Gasteiger partial charge in [-0.15, -0.1) is 11.3 Å². The minimum Gasteiger partial charge on any atom is -0.450 e. The second-order valence-corrected chi connectivity index (χ2v) is 9.36. The van der Waals surface area contributed by atoms with Crippen LogP contribution in [0.2, 0.25) is 0 Å². The number of rotatable bonds is 9. The fourth-order valence-corrected chi connectivity index (χ4v) is 5.20. The molecular formula is C23H30N6O5S. The maximum atomic E-state index is 11.5. The van der Waals surface area contributed by atoms with Gasteiger partial charge in [-0.1, -0.05) is 12.1 Å². The first kappa shape index (κ1) is 25.0. The lowest BCUT2D eigenvalue weighted by atomic mass is 10.1.